The fourth-order valence-electron chi connectivity index (χ4n) is 1.70. The minimum absolute atomic E-state index is 0.413. The van der Waals surface area contributed by atoms with Gasteiger partial charge in [-0.3, -0.25) is 9.89 Å². The molecule has 1 heterocycles. The summed E-state index contributed by atoms with van der Waals surface area (Å²) < 4.78 is 0. The maximum absolute atomic E-state index is 11.3. The Morgan fingerprint density at radius 2 is 2.31 bits per heavy atom. The van der Waals surface area contributed by atoms with E-state index in [9.17, 15) is 4.79 Å². The molecule has 0 atom stereocenters. The molecule has 0 spiro atoms. The molecule has 0 aromatic rings. The SMILES string of the molecule is CCCCCN(C(N)=O)C1=NCCCCN1. The molecule has 0 bridgehead atoms. The van der Waals surface area contributed by atoms with Crippen molar-refractivity contribution in [2.45, 2.75) is 39.0 Å². The molecule has 3 N–H and O–H groups in total. The molecule has 5 nitrogen and oxygen atoms in total. The van der Waals surface area contributed by atoms with Crippen molar-refractivity contribution >= 4 is 12.0 Å². The summed E-state index contributed by atoms with van der Waals surface area (Å²) in [6.45, 7) is 4.45. The molecule has 92 valence electrons. The molecule has 0 fully saturated rings. The standard InChI is InChI=1S/C11H22N4O/c1-2-3-6-9-15(10(12)16)11-13-7-4-5-8-14-11/h2-9H2,1H3,(H2,12,16)(H,13,14). The Morgan fingerprint density at radius 1 is 1.50 bits per heavy atom. The number of nitrogens with zero attached hydrogens (tertiary/aromatic N) is 2. The van der Waals surface area contributed by atoms with Gasteiger partial charge in [0.05, 0.1) is 0 Å². The van der Waals surface area contributed by atoms with Crippen LogP contribution in [0.25, 0.3) is 0 Å². The highest BCUT2D eigenvalue weighted by Gasteiger charge is 2.16. The van der Waals surface area contributed by atoms with Crippen LogP contribution in [-0.2, 0) is 0 Å². The maximum Gasteiger partial charge on any atom is 0.321 e. The number of rotatable bonds is 4. The molecular weight excluding hydrogens is 204 g/mol. The number of urea groups is 1. The second-order valence-corrected chi connectivity index (χ2v) is 4.04. The molecule has 0 aromatic heterocycles. The van der Waals surface area contributed by atoms with E-state index in [2.05, 4.69) is 17.2 Å². The molecule has 0 aliphatic carbocycles. The Hall–Kier alpha value is -1.26. The zero-order valence-corrected chi connectivity index (χ0v) is 10.0. The summed E-state index contributed by atoms with van der Waals surface area (Å²) in [5.41, 5.74) is 5.37. The highest BCUT2D eigenvalue weighted by Crippen LogP contribution is 2.02. The first-order valence-electron chi connectivity index (χ1n) is 6.11. The van der Waals surface area contributed by atoms with Crippen LogP contribution in [0, 0.1) is 0 Å². The Bertz CT molecular complexity index is 252. The van der Waals surface area contributed by atoms with Gasteiger partial charge in [-0.1, -0.05) is 19.8 Å². The predicted molar refractivity (Wildman–Crippen MR) is 65.4 cm³/mol. The van der Waals surface area contributed by atoms with Crippen molar-refractivity contribution in [1.82, 2.24) is 10.2 Å². The van der Waals surface area contributed by atoms with Crippen LogP contribution in [0.5, 0.6) is 0 Å². The normalized spacial score (nSPS) is 15.9. The van der Waals surface area contributed by atoms with Crippen LogP contribution < -0.4 is 11.1 Å². The summed E-state index contributed by atoms with van der Waals surface area (Å²) in [6.07, 6.45) is 5.37. The number of amides is 2. The molecular formula is C11H22N4O. The van der Waals surface area contributed by atoms with E-state index in [1.54, 1.807) is 4.90 Å². The minimum Gasteiger partial charge on any atom is -0.356 e. The van der Waals surface area contributed by atoms with Gasteiger partial charge in [-0.05, 0) is 19.3 Å². The lowest BCUT2D eigenvalue weighted by molar-refractivity contribution is 0.228. The lowest BCUT2D eigenvalue weighted by Crippen LogP contribution is -2.47. The quantitative estimate of drug-likeness (QED) is 0.709. The van der Waals surface area contributed by atoms with Crippen LogP contribution >= 0.6 is 0 Å². The van der Waals surface area contributed by atoms with Gasteiger partial charge in [-0.15, -0.1) is 0 Å². The number of carbonyl (C=O) groups is 1. The van der Waals surface area contributed by atoms with Gasteiger partial charge in [0, 0.05) is 19.6 Å². The number of nitrogens with one attached hydrogen (secondary N) is 1. The molecule has 0 unspecified atom stereocenters. The first-order chi connectivity index (χ1) is 7.75. The highest BCUT2D eigenvalue weighted by molar-refractivity contribution is 5.95. The van der Waals surface area contributed by atoms with Crippen LogP contribution in [0.4, 0.5) is 4.79 Å². The smallest absolute Gasteiger partial charge is 0.321 e. The van der Waals surface area contributed by atoms with Gasteiger partial charge in [0.15, 0.2) is 0 Å². The summed E-state index contributed by atoms with van der Waals surface area (Å²) in [4.78, 5) is 17.2. The van der Waals surface area contributed by atoms with Crippen molar-refractivity contribution in [3.05, 3.63) is 0 Å². The third kappa shape index (κ3) is 4.08. The lowest BCUT2D eigenvalue weighted by atomic mass is 10.2. The van der Waals surface area contributed by atoms with Crippen LogP contribution in [-0.4, -0.2) is 36.5 Å². The minimum atomic E-state index is -0.413. The van der Waals surface area contributed by atoms with E-state index in [0.717, 1.165) is 45.2 Å². The molecule has 2 amide bonds. The number of hydrogen-bond donors (Lipinski definition) is 2. The molecule has 0 saturated carbocycles. The van der Waals surface area contributed by atoms with Crippen LogP contribution in [0.3, 0.4) is 0 Å². The molecule has 5 heteroatoms. The monoisotopic (exact) mass is 226 g/mol. The van der Waals surface area contributed by atoms with Gasteiger partial charge in [0.1, 0.15) is 0 Å². The van der Waals surface area contributed by atoms with Crippen molar-refractivity contribution in [3.63, 3.8) is 0 Å². The average molecular weight is 226 g/mol. The Labute approximate surface area is 97.1 Å². The molecule has 16 heavy (non-hydrogen) atoms. The number of guanidine groups is 1. The maximum atomic E-state index is 11.3. The van der Waals surface area contributed by atoms with Gasteiger partial charge >= 0.3 is 6.03 Å². The fourth-order valence-corrected chi connectivity index (χ4v) is 1.70. The number of hydrogen-bond acceptors (Lipinski definition) is 3. The van der Waals surface area contributed by atoms with Gasteiger partial charge in [-0.2, -0.15) is 0 Å². The van der Waals surface area contributed by atoms with Crippen molar-refractivity contribution in [2.24, 2.45) is 10.7 Å². The molecule has 0 aromatic carbocycles. The van der Waals surface area contributed by atoms with Crippen molar-refractivity contribution in [3.8, 4) is 0 Å². The second kappa shape index (κ2) is 7.09. The Morgan fingerprint density at radius 3 is 3.00 bits per heavy atom. The van der Waals surface area contributed by atoms with Gasteiger partial charge in [-0.25, -0.2) is 4.79 Å². The fraction of sp³-hybridized carbons (Fsp3) is 0.818. The van der Waals surface area contributed by atoms with Crippen molar-refractivity contribution < 1.29 is 4.79 Å². The third-order valence-electron chi connectivity index (χ3n) is 2.64. The van der Waals surface area contributed by atoms with Gasteiger partial charge < -0.3 is 11.1 Å². The first kappa shape index (κ1) is 12.8. The van der Waals surface area contributed by atoms with E-state index in [1.807, 2.05) is 0 Å². The third-order valence-corrected chi connectivity index (χ3v) is 2.64. The highest BCUT2D eigenvalue weighted by atomic mass is 16.2. The summed E-state index contributed by atoms with van der Waals surface area (Å²) in [7, 11) is 0. The summed E-state index contributed by atoms with van der Waals surface area (Å²) >= 11 is 0. The lowest BCUT2D eigenvalue weighted by Gasteiger charge is -2.22. The first-order valence-corrected chi connectivity index (χ1v) is 6.11. The van der Waals surface area contributed by atoms with Crippen molar-refractivity contribution in [2.75, 3.05) is 19.6 Å². The van der Waals surface area contributed by atoms with Crippen LogP contribution in [0.1, 0.15) is 39.0 Å². The van der Waals surface area contributed by atoms with E-state index >= 15 is 0 Å². The number of carbonyl (C=O) groups excluding carboxylic acids is 1. The van der Waals surface area contributed by atoms with E-state index in [4.69, 9.17) is 5.73 Å². The zero-order valence-electron chi connectivity index (χ0n) is 10.0. The van der Waals surface area contributed by atoms with Crippen LogP contribution in [0.2, 0.25) is 0 Å². The Balaban J connectivity index is 2.53. The van der Waals surface area contributed by atoms with Gasteiger partial charge in [0.2, 0.25) is 5.96 Å². The number of aliphatic imine (C=N–C) groups is 1. The molecule has 1 aliphatic rings. The predicted octanol–water partition coefficient (Wildman–Crippen LogP) is 1.30. The number of primary amides is 1. The van der Waals surface area contributed by atoms with E-state index in [0.29, 0.717) is 12.5 Å². The number of unbranched alkanes of at least 4 members (excludes halogenated alkanes) is 2. The zero-order chi connectivity index (χ0) is 11.8. The largest absolute Gasteiger partial charge is 0.356 e. The summed E-state index contributed by atoms with van der Waals surface area (Å²) in [5, 5.41) is 3.17. The Kier molecular flexibility index (Phi) is 5.67. The van der Waals surface area contributed by atoms with Crippen LogP contribution in [0.15, 0.2) is 4.99 Å². The summed E-state index contributed by atoms with van der Waals surface area (Å²) in [5.74, 6) is 0.654. The molecule has 1 rings (SSSR count). The average Bonchev–Trinajstić information content (AvgIpc) is 2.52. The summed E-state index contributed by atoms with van der Waals surface area (Å²) in [6, 6.07) is -0.413. The molecule has 0 saturated heterocycles. The molecule has 0 radical (unpaired) electrons. The topological polar surface area (TPSA) is 70.7 Å². The van der Waals surface area contributed by atoms with Gasteiger partial charge in [0.25, 0.3) is 0 Å². The molecule has 1 aliphatic heterocycles. The van der Waals surface area contributed by atoms with E-state index < -0.39 is 6.03 Å². The number of nitrogens with two attached hydrogens (primary N) is 1. The van der Waals surface area contributed by atoms with E-state index in [1.165, 1.54) is 0 Å². The van der Waals surface area contributed by atoms with E-state index in [-0.39, 0.29) is 0 Å². The second-order valence-electron chi connectivity index (χ2n) is 4.04. The van der Waals surface area contributed by atoms with Crippen molar-refractivity contribution in [1.29, 1.82) is 0 Å².